The van der Waals surface area contributed by atoms with Crippen molar-refractivity contribution >= 4 is 5.57 Å². The standard InChI is InChI=1S/C17H19N/c1-13-7-3-4-8-15(13)11-14(2)17-10-6-5-9-16(17)12-18/h3-10H,2,11-12,18H2,1H3. The van der Waals surface area contributed by atoms with Gasteiger partial charge in [0.1, 0.15) is 0 Å². The predicted octanol–water partition coefficient (Wildman–Crippen LogP) is 3.71. The maximum atomic E-state index is 5.77. The van der Waals surface area contributed by atoms with Crippen LogP contribution in [0.25, 0.3) is 5.57 Å². The Kier molecular flexibility index (Phi) is 3.96. The fourth-order valence-electron chi connectivity index (χ4n) is 2.18. The van der Waals surface area contributed by atoms with Gasteiger partial charge in [-0.3, -0.25) is 0 Å². The summed E-state index contributed by atoms with van der Waals surface area (Å²) >= 11 is 0. The second kappa shape index (κ2) is 5.65. The van der Waals surface area contributed by atoms with Gasteiger partial charge in [0.15, 0.2) is 0 Å². The third kappa shape index (κ3) is 2.69. The fraction of sp³-hybridized carbons (Fsp3) is 0.176. The monoisotopic (exact) mass is 237 g/mol. The molecule has 1 nitrogen and oxygen atoms in total. The molecule has 0 unspecified atom stereocenters. The predicted molar refractivity (Wildman–Crippen MR) is 78.3 cm³/mol. The Morgan fingerprint density at radius 1 is 1.00 bits per heavy atom. The van der Waals surface area contributed by atoms with Crippen LogP contribution in [-0.2, 0) is 13.0 Å². The van der Waals surface area contributed by atoms with Gasteiger partial charge in [-0.15, -0.1) is 0 Å². The topological polar surface area (TPSA) is 26.0 Å². The number of nitrogens with two attached hydrogens (primary N) is 1. The van der Waals surface area contributed by atoms with Crippen LogP contribution in [0.4, 0.5) is 0 Å². The molecule has 0 saturated carbocycles. The highest BCUT2D eigenvalue weighted by atomic mass is 14.5. The van der Waals surface area contributed by atoms with Gasteiger partial charge in [-0.05, 0) is 41.2 Å². The highest BCUT2D eigenvalue weighted by Gasteiger charge is 2.06. The molecule has 0 fully saturated rings. The van der Waals surface area contributed by atoms with Crippen LogP contribution in [0.2, 0.25) is 0 Å². The highest BCUT2D eigenvalue weighted by molar-refractivity contribution is 5.68. The van der Waals surface area contributed by atoms with Crippen LogP contribution in [0.15, 0.2) is 55.1 Å². The van der Waals surface area contributed by atoms with E-state index >= 15 is 0 Å². The number of hydrogen-bond donors (Lipinski definition) is 1. The summed E-state index contributed by atoms with van der Waals surface area (Å²) in [6, 6.07) is 16.7. The molecule has 0 amide bonds. The number of allylic oxidation sites excluding steroid dienone is 1. The molecule has 0 heterocycles. The molecule has 0 aromatic heterocycles. The van der Waals surface area contributed by atoms with E-state index in [0.717, 1.165) is 17.6 Å². The minimum atomic E-state index is 0.558. The first-order chi connectivity index (χ1) is 8.72. The molecule has 0 aliphatic carbocycles. The van der Waals surface area contributed by atoms with Crippen LogP contribution in [-0.4, -0.2) is 0 Å². The summed E-state index contributed by atoms with van der Waals surface area (Å²) in [6.07, 6.45) is 0.879. The Labute approximate surface area is 109 Å². The zero-order valence-corrected chi connectivity index (χ0v) is 10.8. The van der Waals surface area contributed by atoms with E-state index in [-0.39, 0.29) is 0 Å². The van der Waals surface area contributed by atoms with E-state index in [1.165, 1.54) is 16.7 Å². The zero-order chi connectivity index (χ0) is 13.0. The largest absolute Gasteiger partial charge is 0.326 e. The number of hydrogen-bond acceptors (Lipinski definition) is 1. The second-order valence-corrected chi connectivity index (χ2v) is 4.57. The van der Waals surface area contributed by atoms with Crippen LogP contribution in [0.5, 0.6) is 0 Å². The Balaban J connectivity index is 2.25. The summed E-state index contributed by atoms with van der Waals surface area (Å²) in [5, 5.41) is 0. The average molecular weight is 237 g/mol. The molecule has 2 aromatic rings. The van der Waals surface area contributed by atoms with Crippen LogP contribution < -0.4 is 5.73 Å². The zero-order valence-electron chi connectivity index (χ0n) is 10.8. The van der Waals surface area contributed by atoms with Gasteiger partial charge in [-0.25, -0.2) is 0 Å². The third-order valence-electron chi connectivity index (χ3n) is 3.28. The summed E-state index contributed by atoms with van der Waals surface area (Å²) < 4.78 is 0. The molecule has 0 radical (unpaired) electrons. The van der Waals surface area contributed by atoms with E-state index in [9.17, 15) is 0 Å². The molecule has 2 rings (SSSR count). The van der Waals surface area contributed by atoms with Crippen molar-refractivity contribution < 1.29 is 0 Å². The van der Waals surface area contributed by atoms with Crippen molar-refractivity contribution in [1.29, 1.82) is 0 Å². The number of rotatable bonds is 4. The van der Waals surface area contributed by atoms with E-state index in [0.29, 0.717) is 6.54 Å². The molecular formula is C17H19N. The van der Waals surface area contributed by atoms with E-state index in [1.54, 1.807) is 0 Å². The smallest absolute Gasteiger partial charge is 0.0184 e. The fourth-order valence-corrected chi connectivity index (χ4v) is 2.18. The molecule has 2 N–H and O–H groups in total. The SMILES string of the molecule is C=C(Cc1ccccc1C)c1ccccc1CN. The van der Waals surface area contributed by atoms with Crippen LogP contribution >= 0.6 is 0 Å². The Bertz CT molecular complexity index is 555. The first-order valence-electron chi connectivity index (χ1n) is 6.23. The maximum Gasteiger partial charge on any atom is 0.0184 e. The molecule has 0 atom stereocenters. The lowest BCUT2D eigenvalue weighted by molar-refractivity contribution is 1.06. The molecule has 2 aromatic carbocycles. The van der Waals surface area contributed by atoms with Gasteiger partial charge in [0.05, 0.1) is 0 Å². The molecule has 0 bridgehead atoms. The molecule has 18 heavy (non-hydrogen) atoms. The lowest BCUT2D eigenvalue weighted by atomic mass is 9.94. The first kappa shape index (κ1) is 12.6. The molecular weight excluding hydrogens is 218 g/mol. The summed E-state index contributed by atoms with van der Waals surface area (Å²) in [6.45, 7) is 6.91. The van der Waals surface area contributed by atoms with Crippen LogP contribution in [0, 0.1) is 6.92 Å². The molecule has 0 aliphatic rings. The van der Waals surface area contributed by atoms with Crippen LogP contribution in [0.1, 0.15) is 22.3 Å². The lowest BCUT2D eigenvalue weighted by Crippen LogP contribution is -2.02. The average Bonchev–Trinajstić information content (AvgIpc) is 2.41. The lowest BCUT2D eigenvalue weighted by Gasteiger charge is -2.12. The van der Waals surface area contributed by atoms with E-state index < -0.39 is 0 Å². The normalized spacial score (nSPS) is 10.3. The van der Waals surface area contributed by atoms with Crippen molar-refractivity contribution in [2.24, 2.45) is 5.73 Å². The molecule has 0 saturated heterocycles. The van der Waals surface area contributed by atoms with Gasteiger partial charge < -0.3 is 5.73 Å². The van der Waals surface area contributed by atoms with Gasteiger partial charge in [0, 0.05) is 6.54 Å². The summed E-state index contributed by atoms with van der Waals surface area (Å²) in [7, 11) is 0. The van der Waals surface area contributed by atoms with E-state index in [4.69, 9.17) is 5.73 Å². The number of aryl methyl sites for hydroxylation is 1. The van der Waals surface area contributed by atoms with Gasteiger partial charge >= 0.3 is 0 Å². The highest BCUT2D eigenvalue weighted by Crippen LogP contribution is 2.22. The Morgan fingerprint density at radius 3 is 2.28 bits per heavy atom. The number of benzene rings is 2. The van der Waals surface area contributed by atoms with E-state index in [2.05, 4.69) is 49.9 Å². The van der Waals surface area contributed by atoms with Gasteiger partial charge in [-0.1, -0.05) is 55.1 Å². The minimum absolute atomic E-state index is 0.558. The first-order valence-corrected chi connectivity index (χ1v) is 6.23. The summed E-state index contributed by atoms with van der Waals surface area (Å²) in [4.78, 5) is 0. The minimum Gasteiger partial charge on any atom is -0.326 e. The Hall–Kier alpha value is -1.86. The van der Waals surface area contributed by atoms with Crippen molar-refractivity contribution in [2.45, 2.75) is 19.9 Å². The summed E-state index contributed by atoms with van der Waals surface area (Å²) in [5.74, 6) is 0. The molecule has 0 aliphatic heterocycles. The maximum absolute atomic E-state index is 5.77. The van der Waals surface area contributed by atoms with Gasteiger partial charge in [0.2, 0.25) is 0 Å². The van der Waals surface area contributed by atoms with Crippen molar-refractivity contribution in [2.75, 3.05) is 0 Å². The summed E-state index contributed by atoms with van der Waals surface area (Å²) in [5.41, 5.74) is 11.9. The third-order valence-corrected chi connectivity index (χ3v) is 3.28. The van der Waals surface area contributed by atoms with Crippen molar-refractivity contribution in [3.8, 4) is 0 Å². The van der Waals surface area contributed by atoms with Gasteiger partial charge in [0.25, 0.3) is 0 Å². The Morgan fingerprint density at radius 2 is 1.61 bits per heavy atom. The molecule has 92 valence electrons. The molecule has 0 spiro atoms. The van der Waals surface area contributed by atoms with Crippen molar-refractivity contribution in [3.63, 3.8) is 0 Å². The van der Waals surface area contributed by atoms with Crippen LogP contribution in [0.3, 0.4) is 0 Å². The van der Waals surface area contributed by atoms with Gasteiger partial charge in [-0.2, -0.15) is 0 Å². The van der Waals surface area contributed by atoms with Crippen molar-refractivity contribution in [1.82, 2.24) is 0 Å². The quantitative estimate of drug-likeness (QED) is 0.862. The molecule has 1 heteroatoms. The second-order valence-electron chi connectivity index (χ2n) is 4.57. The van der Waals surface area contributed by atoms with Crippen molar-refractivity contribution in [3.05, 3.63) is 77.4 Å². The van der Waals surface area contributed by atoms with E-state index in [1.807, 2.05) is 12.1 Å².